The van der Waals surface area contributed by atoms with Crippen LogP contribution in [-0.4, -0.2) is 4.98 Å². The van der Waals surface area contributed by atoms with E-state index in [9.17, 15) is 0 Å². The summed E-state index contributed by atoms with van der Waals surface area (Å²) in [5.41, 5.74) is 7.11. The van der Waals surface area contributed by atoms with E-state index in [-0.39, 0.29) is 0 Å². The zero-order valence-corrected chi connectivity index (χ0v) is 9.08. The summed E-state index contributed by atoms with van der Waals surface area (Å²) >= 11 is 2.98. The van der Waals surface area contributed by atoms with Crippen LogP contribution in [0.15, 0.2) is 11.4 Å². The lowest BCUT2D eigenvalue weighted by Crippen LogP contribution is -1.81. The van der Waals surface area contributed by atoms with Gasteiger partial charge in [0.15, 0.2) is 0 Å². The van der Waals surface area contributed by atoms with Gasteiger partial charge in [-0.3, -0.25) is 0 Å². The van der Waals surface area contributed by atoms with Gasteiger partial charge in [-0.25, -0.2) is 4.98 Å². The second-order valence-electron chi connectivity index (χ2n) is 2.76. The maximum absolute atomic E-state index is 8.75. The molecule has 0 unspecified atom stereocenters. The minimum atomic E-state index is 0.540. The summed E-state index contributed by atoms with van der Waals surface area (Å²) in [5.74, 6) is 0. The molecule has 0 aliphatic carbocycles. The molecule has 2 N–H and O–H groups in total. The van der Waals surface area contributed by atoms with Gasteiger partial charge in [-0.05, 0) is 13.0 Å². The number of hydrogen-bond acceptors (Lipinski definition) is 5. The average Bonchev–Trinajstić information content (AvgIpc) is 2.71. The number of rotatable bonds is 1. The van der Waals surface area contributed by atoms with E-state index in [0.717, 1.165) is 15.6 Å². The summed E-state index contributed by atoms with van der Waals surface area (Å²) in [6.45, 7) is 1.95. The van der Waals surface area contributed by atoms with Gasteiger partial charge < -0.3 is 5.73 Å². The van der Waals surface area contributed by atoms with Crippen molar-refractivity contribution in [2.24, 2.45) is 0 Å². The summed E-state index contributed by atoms with van der Waals surface area (Å²) in [6, 6.07) is 3.86. The minimum absolute atomic E-state index is 0.540. The van der Waals surface area contributed by atoms with Crippen LogP contribution in [0.5, 0.6) is 0 Å². The zero-order valence-electron chi connectivity index (χ0n) is 7.44. The highest BCUT2D eigenvalue weighted by atomic mass is 32.1. The number of thiazole rings is 1. The molecule has 3 nitrogen and oxygen atoms in total. The second kappa shape index (κ2) is 3.40. The van der Waals surface area contributed by atoms with Crippen LogP contribution in [0, 0.1) is 18.3 Å². The molecule has 0 aliphatic heterocycles. The van der Waals surface area contributed by atoms with Crippen molar-refractivity contribution in [3.05, 3.63) is 21.3 Å². The third-order valence-corrected chi connectivity index (χ3v) is 3.59. The minimum Gasteiger partial charge on any atom is -0.397 e. The lowest BCUT2D eigenvalue weighted by molar-refractivity contribution is 1.31. The molecule has 0 bridgehead atoms. The summed E-state index contributed by atoms with van der Waals surface area (Å²) in [7, 11) is 0. The summed E-state index contributed by atoms with van der Waals surface area (Å²) in [6.07, 6.45) is 0. The van der Waals surface area contributed by atoms with Crippen LogP contribution in [0.4, 0.5) is 5.69 Å². The highest BCUT2D eigenvalue weighted by Gasteiger charge is 2.09. The summed E-state index contributed by atoms with van der Waals surface area (Å²) in [4.78, 5) is 5.86. The fourth-order valence-electron chi connectivity index (χ4n) is 1.10. The number of nitrogens with zero attached hydrogens (tertiary/aromatic N) is 2. The number of hydrogen-bond donors (Lipinski definition) is 1. The highest BCUT2D eigenvalue weighted by molar-refractivity contribution is 7.17. The first kappa shape index (κ1) is 9.19. The largest absolute Gasteiger partial charge is 0.397 e. The Hall–Kier alpha value is -1.38. The van der Waals surface area contributed by atoms with Crippen LogP contribution >= 0.6 is 22.7 Å². The SMILES string of the molecule is Cc1nc(-c2cc(N)c(C#N)s2)cs1. The Labute approximate surface area is 89.5 Å². The Morgan fingerprint density at radius 2 is 2.36 bits per heavy atom. The molecule has 2 rings (SSSR count). The number of nitrogen functional groups attached to an aromatic ring is 1. The number of nitriles is 1. The van der Waals surface area contributed by atoms with E-state index in [1.165, 1.54) is 11.3 Å². The quantitative estimate of drug-likeness (QED) is 0.805. The van der Waals surface area contributed by atoms with Crippen LogP contribution in [-0.2, 0) is 0 Å². The number of thiophene rings is 1. The van der Waals surface area contributed by atoms with Crippen molar-refractivity contribution in [1.82, 2.24) is 4.98 Å². The van der Waals surface area contributed by atoms with Gasteiger partial charge in [0.2, 0.25) is 0 Å². The predicted octanol–water partition coefficient (Wildman–Crippen LogP) is 2.63. The Morgan fingerprint density at radius 1 is 1.57 bits per heavy atom. The first-order valence-corrected chi connectivity index (χ1v) is 5.62. The Balaban J connectivity index is 2.48. The Morgan fingerprint density at radius 3 is 2.86 bits per heavy atom. The Bertz CT molecular complexity index is 504. The van der Waals surface area contributed by atoms with Crippen molar-refractivity contribution < 1.29 is 0 Å². The van der Waals surface area contributed by atoms with E-state index >= 15 is 0 Å². The van der Waals surface area contributed by atoms with E-state index in [2.05, 4.69) is 11.1 Å². The molecule has 0 spiro atoms. The van der Waals surface area contributed by atoms with Gasteiger partial charge in [0.25, 0.3) is 0 Å². The number of nitrogens with two attached hydrogens (primary N) is 1. The van der Waals surface area contributed by atoms with Gasteiger partial charge in [0.1, 0.15) is 10.9 Å². The molecular formula is C9H7N3S2. The lowest BCUT2D eigenvalue weighted by Gasteiger charge is -1.85. The standard InChI is InChI=1S/C9H7N3S2/c1-5-12-7(4-13-5)8-2-6(11)9(3-10)14-8/h2,4H,11H2,1H3. The molecule has 2 aromatic heterocycles. The molecule has 0 saturated heterocycles. The first-order valence-electron chi connectivity index (χ1n) is 3.92. The van der Waals surface area contributed by atoms with Crippen LogP contribution < -0.4 is 5.73 Å². The van der Waals surface area contributed by atoms with Crippen molar-refractivity contribution in [2.45, 2.75) is 6.92 Å². The molecule has 2 heterocycles. The van der Waals surface area contributed by atoms with Gasteiger partial charge in [-0.15, -0.1) is 22.7 Å². The molecule has 14 heavy (non-hydrogen) atoms. The normalized spacial score (nSPS) is 10.0. The van der Waals surface area contributed by atoms with E-state index in [0.29, 0.717) is 10.6 Å². The fraction of sp³-hybridized carbons (Fsp3) is 0.111. The van der Waals surface area contributed by atoms with Crippen molar-refractivity contribution >= 4 is 28.4 Å². The molecule has 0 aromatic carbocycles. The van der Waals surface area contributed by atoms with E-state index < -0.39 is 0 Å². The van der Waals surface area contributed by atoms with Crippen LogP contribution in [0.25, 0.3) is 10.6 Å². The van der Waals surface area contributed by atoms with Gasteiger partial charge in [0.05, 0.1) is 21.3 Å². The first-order chi connectivity index (χ1) is 6.70. The van der Waals surface area contributed by atoms with Gasteiger partial charge in [0, 0.05) is 5.38 Å². The molecule has 5 heteroatoms. The van der Waals surface area contributed by atoms with Gasteiger partial charge in [-0.2, -0.15) is 5.26 Å². The lowest BCUT2D eigenvalue weighted by atomic mass is 10.3. The second-order valence-corrected chi connectivity index (χ2v) is 4.87. The fourth-order valence-corrected chi connectivity index (χ4v) is 2.62. The molecule has 0 saturated carbocycles. The molecule has 0 atom stereocenters. The smallest absolute Gasteiger partial charge is 0.128 e. The number of aromatic nitrogens is 1. The summed E-state index contributed by atoms with van der Waals surface area (Å²) in [5, 5.41) is 11.7. The van der Waals surface area contributed by atoms with Gasteiger partial charge in [-0.1, -0.05) is 0 Å². The Kier molecular flexibility index (Phi) is 2.23. The molecule has 0 aliphatic rings. The predicted molar refractivity (Wildman–Crippen MR) is 59.3 cm³/mol. The molecular weight excluding hydrogens is 214 g/mol. The van der Waals surface area contributed by atoms with Crippen molar-refractivity contribution in [1.29, 1.82) is 5.26 Å². The van der Waals surface area contributed by atoms with Crippen LogP contribution in [0.1, 0.15) is 9.88 Å². The molecule has 0 radical (unpaired) electrons. The zero-order chi connectivity index (χ0) is 10.1. The number of aryl methyl sites for hydroxylation is 1. The van der Waals surface area contributed by atoms with Crippen molar-refractivity contribution in [3.63, 3.8) is 0 Å². The topological polar surface area (TPSA) is 62.7 Å². The third kappa shape index (κ3) is 1.50. The molecule has 2 aromatic rings. The molecule has 0 amide bonds. The monoisotopic (exact) mass is 221 g/mol. The third-order valence-electron chi connectivity index (χ3n) is 1.73. The average molecular weight is 221 g/mol. The van der Waals surface area contributed by atoms with Crippen LogP contribution in [0.3, 0.4) is 0 Å². The van der Waals surface area contributed by atoms with Crippen LogP contribution in [0.2, 0.25) is 0 Å². The van der Waals surface area contributed by atoms with E-state index in [4.69, 9.17) is 11.0 Å². The number of anilines is 1. The van der Waals surface area contributed by atoms with Crippen molar-refractivity contribution in [3.8, 4) is 16.6 Å². The highest BCUT2D eigenvalue weighted by Crippen LogP contribution is 2.32. The molecule has 0 fully saturated rings. The molecule has 70 valence electrons. The van der Waals surface area contributed by atoms with E-state index in [1.807, 2.05) is 12.3 Å². The van der Waals surface area contributed by atoms with E-state index in [1.54, 1.807) is 17.4 Å². The van der Waals surface area contributed by atoms with Gasteiger partial charge >= 0.3 is 0 Å². The van der Waals surface area contributed by atoms with Crippen molar-refractivity contribution in [2.75, 3.05) is 5.73 Å². The maximum atomic E-state index is 8.75. The summed E-state index contributed by atoms with van der Waals surface area (Å²) < 4.78 is 0. The maximum Gasteiger partial charge on any atom is 0.128 e.